The van der Waals surface area contributed by atoms with E-state index in [1.54, 1.807) is 18.2 Å². The fourth-order valence-electron chi connectivity index (χ4n) is 2.03. The molecule has 0 bridgehead atoms. The van der Waals surface area contributed by atoms with Crippen LogP contribution in [0, 0.1) is 5.92 Å². The van der Waals surface area contributed by atoms with Crippen molar-refractivity contribution in [1.82, 2.24) is 5.32 Å². The lowest BCUT2D eigenvalue weighted by molar-refractivity contribution is 0.0817. The first-order chi connectivity index (χ1) is 8.99. The third kappa shape index (κ3) is 4.51. The third-order valence-corrected chi connectivity index (χ3v) is 3.82. The van der Waals surface area contributed by atoms with Gasteiger partial charge in [0.2, 0.25) is 0 Å². The number of hydrogen-bond acceptors (Lipinski definition) is 3. The Morgan fingerprint density at radius 1 is 1.42 bits per heavy atom. The molecule has 0 spiro atoms. The van der Waals surface area contributed by atoms with Gasteiger partial charge in [-0.1, -0.05) is 42.6 Å². The van der Waals surface area contributed by atoms with Gasteiger partial charge in [-0.2, -0.15) is 0 Å². The van der Waals surface area contributed by atoms with Crippen molar-refractivity contribution in [2.75, 3.05) is 12.3 Å². The first-order valence-corrected chi connectivity index (χ1v) is 7.30. The smallest absolute Gasteiger partial charge is 0.253 e. The number of anilines is 1. The molecule has 1 aromatic rings. The van der Waals surface area contributed by atoms with Crippen LogP contribution < -0.4 is 11.1 Å². The van der Waals surface area contributed by atoms with Gasteiger partial charge >= 0.3 is 0 Å². The molecule has 1 rings (SSSR count). The minimum atomic E-state index is -0.518. The van der Waals surface area contributed by atoms with E-state index < -0.39 is 6.10 Å². The monoisotopic (exact) mass is 328 g/mol. The fraction of sp³-hybridized carbons (Fsp3) is 0.500. The molecule has 0 heterocycles. The molecule has 106 valence electrons. The number of benzene rings is 1. The maximum absolute atomic E-state index is 12.0. The third-order valence-electron chi connectivity index (χ3n) is 3.32. The Balaban J connectivity index is 2.60. The normalized spacial score (nSPS) is 12.5. The van der Waals surface area contributed by atoms with Crippen molar-refractivity contribution in [3.63, 3.8) is 0 Å². The summed E-state index contributed by atoms with van der Waals surface area (Å²) in [6.45, 7) is 4.32. The van der Waals surface area contributed by atoms with Crippen LogP contribution in [-0.4, -0.2) is 23.7 Å². The molecule has 0 fully saturated rings. The maximum Gasteiger partial charge on any atom is 0.253 e. The van der Waals surface area contributed by atoms with Crippen molar-refractivity contribution in [2.45, 2.75) is 32.8 Å². The van der Waals surface area contributed by atoms with Crippen LogP contribution >= 0.6 is 15.9 Å². The second-order valence-electron chi connectivity index (χ2n) is 4.59. The molecular formula is C14H21BrN2O2. The zero-order valence-electron chi connectivity index (χ0n) is 11.3. The van der Waals surface area contributed by atoms with E-state index in [4.69, 9.17) is 5.73 Å². The summed E-state index contributed by atoms with van der Waals surface area (Å²) in [6.07, 6.45) is 1.28. The van der Waals surface area contributed by atoms with E-state index in [1.807, 2.05) is 13.8 Å². The molecule has 4 N–H and O–H groups in total. The summed E-state index contributed by atoms with van der Waals surface area (Å²) in [5.74, 6) is -0.0439. The highest BCUT2D eigenvalue weighted by molar-refractivity contribution is 9.10. The molecule has 1 atom stereocenters. The van der Waals surface area contributed by atoms with E-state index in [1.165, 1.54) is 0 Å². The summed E-state index contributed by atoms with van der Waals surface area (Å²) < 4.78 is 0.832. The highest BCUT2D eigenvalue weighted by atomic mass is 79.9. The quantitative estimate of drug-likeness (QED) is 0.702. The molecule has 1 amide bonds. The lowest BCUT2D eigenvalue weighted by Gasteiger charge is -2.20. The number of halogens is 1. The van der Waals surface area contributed by atoms with Gasteiger partial charge in [-0.25, -0.2) is 0 Å². The van der Waals surface area contributed by atoms with Gasteiger partial charge in [0, 0.05) is 16.7 Å². The summed E-state index contributed by atoms with van der Waals surface area (Å²) >= 11 is 3.29. The Morgan fingerprint density at radius 3 is 2.58 bits per heavy atom. The zero-order chi connectivity index (χ0) is 14.4. The number of aliphatic hydroxyl groups is 1. The van der Waals surface area contributed by atoms with Gasteiger partial charge in [-0.15, -0.1) is 0 Å². The van der Waals surface area contributed by atoms with Crippen LogP contribution in [0.1, 0.15) is 37.0 Å². The predicted octanol–water partition coefficient (Wildman–Crippen LogP) is 2.56. The summed E-state index contributed by atoms with van der Waals surface area (Å²) in [7, 11) is 0. The largest absolute Gasteiger partial charge is 0.398 e. The van der Waals surface area contributed by atoms with E-state index in [9.17, 15) is 9.90 Å². The molecule has 0 aliphatic carbocycles. The molecule has 0 radical (unpaired) electrons. The lowest BCUT2D eigenvalue weighted by atomic mass is 9.96. The van der Waals surface area contributed by atoms with Gasteiger partial charge in [0.25, 0.3) is 5.91 Å². The summed E-state index contributed by atoms with van der Waals surface area (Å²) in [4.78, 5) is 12.0. The number of nitrogens with two attached hydrogens (primary N) is 1. The van der Waals surface area contributed by atoms with Crippen molar-refractivity contribution in [3.05, 3.63) is 28.2 Å². The van der Waals surface area contributed by atoms with Gasteiger partial charge in [0.05, 0.1) is 11.7 Å². The highest BCUT2D eigenvalue weighted by Crippen LogP contribution is 2.18. The first-order valence-electron chi connectivity index (χ1n) is 6.50. The average Bonchev–Trinajstić information content (AvgIpc) is 2.37. The van der Waals surface area contributed by atoms with Gasteiger partial charge in [-0.3, -0.25) is 4.79 Å². The molecule has 1 aromatic carbocycles. The molecule has 1 unspecified atom stereocenters. The number of amides is 1. The van der Waals surface area contributed by atoms with E-state index in [-0.39, 0.29) is 18.4 Å². The van der Waals surface area contributed by atoms with Crippen LogP contribution in [0.3, 0.4) is 0 Å². The number of hydrogen-bond donors (Lipinski definition) is 3. The molecule has 4 nitrogen and oxygen atoms in total. The van der Waals surface area contributed by atoms with Crippen molar-refractivity contribution >= 4 is 27.5 Å². The van der Waals surface area contributed by atoms with Gasteiger partial charge in [0.1, 0.15) is 0 Å². The summed E-state index contributed by atoms with van der Waals surface area (Å²) in [5.41, 5.74) is 6.64. The molecule has 0 aliphatic heterocycles. The Bertz CT molecular complexity index is 433. The minimum Gasteiger partial charge on any atom is -0.398 e. The van der Waals surface area contributed by atoms with Crippen LogP contribution in [0.4, 0.5) is 5.69 Å². The number of aliphatic hydroxyl groups excluding tert-OH is 1. The SMILES string of the molecule is CCC(CC)C(O)CNC(=O)c1ccc(Br)cc1N. The molecule has 0 aliphatic rings. The minimum absolute atomic E-state index is 0.211. The number of carbonyl (C=O) groups is 1. The van der Waals surface area contributed by atoms with Crippen molar-refractivity contribution < 1.29 is 9.90 Å². The van der Waals surface area contributed by atoms with Crippen LogP contribution in [0.5, 0.6) is 0 Å². The van der Waals surface area contributed by atoms with Crippen molar-refractivity contribution in [1.29, 1.82) is 0 Å². The Kier molecular flexibility index (Phi) is 6.31. The van der Waals surface area contributed by atoms with Crippen molar-refractivity contribution in [3.8, 4) is 0 Å². The maximum atomic E-state index is 12.0. The lowest BCUT2D eigenvalue weighted by Crippen LogP contribution is -2.36. The number of carbonyl (C=O) groups excluding carboxylic acids is 1. The van der Waals surface area contributed by atoms with Crippen LogP contribution in [0.15, 0.2) is 22.7 Å². The Hall–Kier alpha value is -1.07. The predicted molar refractivity (Wildman–Crippen MR) is 81.0 cm³/mol. The second-order valence-corrected chi connectivity index (χ2v) is 5.50. The molecule has 0 saturated carbocycles. The topological polar surface area (TPSA) is 75.3 Å². The molecule has 0 aromatic heterocycles. The first kappa shape index (κ1) is 16.0. The molecule has 5 heteroatoms. The summed E-state index contributed by atoms with van der Waals surface area (Å²) in [5, 5.41) is 12.7. The van der Waals surface area contributed by atoms with Crippen LogP contribution in [0.25, 0.3) is 0 Å². The second kappa shape index (κ2) is 7.50. The number of nitrogens with one attached hydrogen (secondary N) is 1. The van der Waals surface area contributed by atoms with Crippen molar-refractivity contribution in [2.24, 2.45) is 5.92 Å². The average molecular weight is 329 g/mol. The summed E-state index contributed by atoms with van der Waals surface area (Å²) in [6, 6.07) is 5.12. The number of rotatable bonds is 6. The molecule has 19 heavy (non-hydrogen) atoms. The van der Waals surface area contributed by atoms with E-state index in [2.05, 4.69) is 21.2 Å². The van der Waals surface area contributed by atoms with E-state index in [0.29, 0.717) is 11.3 Å². The van der Waals surface area contributed by atoms with E-state index in [0.717, 1.165) is 17.3 Å². The van der Waals surface area contributed by atoms with E-state index >= 15 is 0 Å². The Labute approximate surface area is 122 Å². The molecule has 0 saturated heterocycles. The fourth-order valence-corrected chi connectivity index (χ4v) is 2.41. The van der Waals surface area contributed by atoms with Gasteiger partial charge < -0.3 is 16.2 Å². The van der Waals surface area contributed by atoms with Gasteiger partial charge in [-0.05, 0) is 24.1 Å². The van der Waals surface area contributed by atoms with Gasteiger partial charge in [0.15, 0.2) is 0 Å². The van der Waals surface area contributed by atoms with Crippen LogP contribution in [-0.2, 0) is 0 Å². The Morgan fingerprint density at radius 2 is 2.05 bits per heavy atom. The van der Waals surface area contributed by atoms with Crippen LogP contribution in [0.2, 0.25) is 0 Å². The number of nitrogen functional groups attached to an aromatic ring is 1. The molecular weight excluding hydrogens is 308 g/mol. The standard InChI is InChI=1S/C14H21BrN2O2/c1-3-9(4-2)13(18)8-17-14(19)11-6-5-10(15)7-12(11)16/h5-7,9,13,18H,3-4,8,16H2,1-2H3,(H,17,19). The highest BCUT2D eigenvalue weighted by Gasteiger charge is 2.17. The zero-order valence-corrected chi connectivity index (χ0v) is 12.9.